The number of nitrogens with one attached hydrogen (secondary N) is 2. The molecule has 0 aromatic rings. The molecule has 0 aromatic heterocycles. The summed E-state index contributed by atoms with van der Waals surface area (Å²) >= 11 is 0. The van der Waals surface area contributed by atoms with Crippen LogP contribution in [0.25, 0.3) is 0 Å². The summed E-state index contributed by atoms with van der Waals surface area (Å²) in [5, 5.41) is 5.61. The average Bonchev–Trinajstić information content (AvgIpc) is 2.97. The topological polar surface area (TPSA) is 182 Å². The maximum Gasteiger partial charge on any atom is 0.407 e. The van der Waals surface area contributed by atoms with Crippen molar-refractivity contribution in [2.75, 3.05) is 39.6 Å². The van der Waals surface area contributed by atoms with Gasteiger partial charge in [-0.05, 0) is 63.4 Å². The quantitative estimate of drug-likeness (QED) is 0.112. The average molecular weight is 693 g/mol. The van der Waals surface area contributed by atoms with Crippen LogP contribution in [-0.2, 0) is 47.6 Å². The molecule has 0 spiro atoms. The molecule has 49 heavy (non-hydrogen) atoms. The maximum atomic E-state index is 13.0. The Labute approximate surface area is 288 Å². The minimum Gasteiger partial charge on any atom is -0.458 e. The number of alkyl carbamates (subject to hydrolysis) is 2. The molecular weight excluding hydrogens is 640 g/mol. The van der Waals surface area contributed by atoms with Crippen LogP contribution < -0.4 is 10.6 Å². The van der Waals surface area contributed by atoms with Gasteiger partial charge >= 0.3 is 30.1 Å². The van der Waals surface area contributed by atoms with Gasteiger partial charge < -0.3 is 39.1 Å². The first-order valence-corrected chi connectivity index (χ1v) is 15.8. The summed E-state index contributed by atoms with van der Waals surface area (Å²) in [5.41, 5.74) is 0.00352. The van der Waals surface area contributed by atoms with Gasteiger partial charge in [-0.2, -0.15) is 0 Å². The molecule has 1 saturated carbocycles. The Hall–Kier alpha value is -4.46. The van der Waals surface area contributed by atoms with Crippen molar-refractivity contribution in [1.29, 1.82) is 0 Å². The van der Waals surface area contributed by atoms with Crippen molar-refractivity contribution in [3.63, 3.8) is 0 Å². The fraction of sp³-hybridized carbons (Fsp3) is 0.600. The van der Waals surface area contributed by atoms with Gasteiger partial charge in [0, 0.05) is 29.3 Å². The Bertz CT molecular complexity index is 1270. The van der Waals surface area contributed by atoms with Gasteiger partial charge in [0.2, 0.25) is 0 Å². The summed E-state index contributed by atoms with van der Waals surface area (Å²) in [4.78, 5) is 73.4. The molecule has 0 radical (unpaired) electrons. The summed E-state index contributed by atoms with van der Waals surface area (Å²) in [5.74, 6) is -2.38. The van der Waals surface area contributed by atoms with Crippen molar-refractivity contribution in [3.05, 3.63) is 48.6 Å². The van der Waals surface area contributed by atoms with Gasteiger partial charge in [0.15, 0.2) is 18.0 Å². The zero-order valence-electron chi connectivity index (χ0n) is 29.8. The normalized spacial score (nSPS) is 18.6. The van der Waals surface area contributed by atoms with Gasteiger partial charge in [0.05, 0.1) is 6.61 Å². The van der Waals surface area contributed by atoms with E-state index in [2.05, 4.69) is 36.9 Å². The smallest absolute Gasteiger partial charge is 0.407 e. The summed E-state index contributed by atoms with van der Waals surface area (Å²) < 4.78 is 31.7. The molecule has 0 aliphatic heterocycles. The monoisotopic (exact) mass is 692 g/mol. The van der Waals surface area contributed by atoms with E-state index < -0.39 is 47.7 Å². The van der Waals surface area contributed by atoms with E-state index >= 15 is 0 Å². The number of carbonyl (C=O) groups excluding carboxylic acids is 6. The summed E-state index contributed by atoms with van der Waals surface area (Å²) in [7, 11) is 0. The molecule has 1 fully saturated rings. The van der Waals surface area contributed by atoms with Gasteiger partial charge in [-0.15, -0.1) is 0 Å². The van der Waals surface area contributed by atoms with Crippen molar-refractivity contribution in [3.8, 4) is 0 Å². The van der Waals surface area contributed by atoms with Crippen molar-refractivity contribution in [1.82, 2.24) is 10.6 Å². The Morgan fingerprint density at radius 1 is 0.673 bits per heavy atom. The summed E-state index contributed by atoms with van der Waals surface area (Å²) in [6.07, 6.45) is -1.98. The Morgan fingerprint density at radius 3 is 1.57 bits per heavy atom. The lowest BCUT2D eigenvalue weighted by atomic mass is 9.62. The van der Waals surface area contributed by atoms with Gasteiger partial charge in [-0.3, -0.25) is 4.79 Å². The van der Waals surface area contributed by atoms with Crippen LogP contribution in [0.2, 0.25) is 0 Å². The van der Waals surface area contributed by atoms with Crippen molar-refractivity contribution >= 4 is 35.9 Å². The van der Waals surface area contributed by atoms with Crippen LogP contribution in [0.15, 0.2) is 48.6 Å². The van der Waals surface area contributed by atoms with Gasteiger partial charge in [-0.25, -0.2) is 24.0 Å². The second-order valence-corrected chi connectivity index (χ2v) is 13.7. The van der Waals surface area contributed by atoms with Gasteiger partial charge in [0.25, 0.3) is 0 Å². The highest BCUT2D eigenvalue weighted by Crippen LogP contribution is 2.45. The number of ketones is 1. The molecular formula is C35H52N2O12. The first-order chi connectivity index (χ1) is 22.6. The van der Waals surface area contributed by atoms with Crippen LogP contribution in [-0.4, -0.2) is 93.7 Å². The Morgan fingerprint density at radius 2 is 1.12 bits per heavy atom. The SMILES string of the molecule is C=C(C)C(=O)COCC(COC(=O)C(=C)C)OC(=O)NCC1(C)CC(NC(=O)OC(COC(=O)C(=C)C)COC(=O)C(=C)C)CC(C)(C)C1. The number of amides is 2. The number of esters is 3. The largest absolute Gasteiger partial charge is 0.458 e. The molecule has 1 rings (SSSR count). The van der Waals surface area contributed by atoms with Crippen LogP contribution in [0.5, 0.6) is 0 Å². The predicted octanol–water partition coefficient (Wildman–Crippen LogP) is 4.28. The predicted molar refractivity (Wildman–Crippen MR) is 179 cm³/mol. The van der Waals surface area contributed by atoms with Crippen LogP contribution in [0, 0.1) is 10.8 Å². The highest BCUT2D eigenvalue weighted by molar-refractivity contribution is 5.95. The first kappa shape index (κ1) is 42.6. The lowest BCUT2D eigenvalue weighted by molar-refractivity contribution is -0.148. The minimum atomic E-state index is -1.10. The van der Waals surface area contributed by atoms with Gasteiger partial charge in [0.1, 0.15) is 26.4 Å². The van der Waals surface area contributed by atoms with Crippen LogP contribution in [0.3, 0.4) is 0 Å². The van der Waals surface area contributed by atoms with E-state index in [1.807, 2.05) is 20.8 Å². The second kappa shape index (κ2) is 19.5. The van der Waals surface area contributed by atoms with Crippen molar-refractivity contribution in [2.24, 2.45) is 10.8 Å². The molecule has 0 saturated heterocycles. The number of hydrogen-bond acceptors (Lipinski definition) is 12. The molecule has 274 valence electrons. The fourth-order valence-corrected chi connectivity index (χ4v) is 5.22. The lowest BCUT2D eigenvalue weighted by Crippen LogP contribution is -2.51. The lowest BCUT2D eigenvalue weighted by Gasteiger charge is -2.46. The third-order valence-electron chi connectivity index (χ3n) is 7.23. The van der Waals surface area contributed by atoms with E-state index in [1.165, 1.54) is 20.8 Å². The highest BCUT2D eigenvalue weighted by atomic mass is 16.6. The third-order valence-corrected chi connectivity index (χ3v) is 7.23. The van der Waals surface area contributed by atoms with E-state index in [9.17, 15) is 28.8 Å². The molecule has 2 amide bonds. The number of hydrogen-bond donors (Lipinski definition) is 2. The molecule has 1 aliphatic rings. The second-order valence-electron chi connectivity index (χ2n) is 13.7. The van der Waals surface area contributed by atoms with Gasteiger partial charge in [-0.1, -0.05) is 47.1 Å². The zero-order chi connectivity index (χ0) is 37.5. The molecule has 1 aliphatic carbocycles. The Balaban J connectivity index is 2.88. The minimum absolute atomic E-state index is 0.147. The fourth-order valence-electron chi connectivity index (χ4n) is 5.22. The standard InChI is InChI=1S/C35H52N2O12/c1-21(2)28(38)18-44-14-26(15-45-29(39)22(3)4)48-32(42)36-20-35(11)13-25(12-34(9,10)19-35)37-33(43)49-27(16-46-30(40)23(5)6)17-47-31(41)24(7)8/h25-27H,1,3,5,7,12-20H2,2,4,6,8-11H3,(H,36,42)(H,37,43). The van der Waals surface area contributed by atoms with Crippen molar-refractivity contribution < 1.29 is 57.2 Å². The molecule has 2 N–H and O–H groups in total. The van der Waals surface area contributed by atoms with E-state index in [0.29, 0.717) is 24.8 Å². The van der Waals surface area contributed by atoms with E-state index in [-0.39, 0.29) is 73.5 Å². The Kier molecular flexibility index (Phi) is 17.0. The maximum absolute atomic E-state index is 13.0. The molecule has 3 atom stereocenters. The molecule has 14 nitrogen and oxygen atoms in total. The third kappa shape index (κ3) is 17.0. The van der Waals surface area contributed by atoms with Crippen LogP contribution >= 0.6 is 0 Å². The number of rotatable bonds is 19. The molecule has 3 unspecified atom stereocenters. The van der Waals surface area contributed by atoms with E-state index in [0.717, 1.165) is 0 Å². The number of carbonyl (C=O) groups is 6. The first-order valence-electron chi connectivity index (χ1n) is 15.8. The zero-order valence-corrected chi connectivity index (χ0v) is 29.8. The summed E-state index contributed by atoms with van der Waals surface area (Å²) in [6.45, 7) is 24.7. The molecule has 0 bridgehead atoms. The molecule has 14 heteroatoms. The van der Waals surface area contributed by atoms with Crippen LogP contribution in [0.4, 0.5) is 9.59 Å². The highest BCUT2D eigenvalue weighted by Gasteiger charge is 2.42. The molecule has 0 aromatic carbocycles. The van der Waals surface area contributed by atoms with Crippen LogP contribution in [0.1, 0.15) is 67.7 Å². The van der Waals surface area contributed by atoms with E-state index in [4.69, 9.17) is 28.4 Å². The van der Waals surface area contributed by atoms with E-state index in [1.54, 1.807) is 6.92 Å². The number of ether oxygens (including phenoxy) is 6. The van der Waals surface area contributed by atoms with Crippen molar-refractivity contribution in [2.45, 2.75) is 86.0 Å². The summed E-state index contributed by atoms with van der Waals surface area (Å²) in [6, 6.07) is -0.371. The number of Topliss-reactive ketones (excluding diaryl/α,β-unsaturated/α-hetero) is 1. The molecule has 0 heterocycles.